The highest BCUT2D eigenvalue weighted by Crippen LogP contribution is 2.21. The summed E-state index contributed by atoms with van der Waals surface area (Å²) < 4.78 is 1.74. The number of carbonyl (C=O) groups excluding carboxylic acids is 1. The monoisotopic (exact) mass is 400 g/mol. The first-order valence-electron chi connectivity index (χ1n) is 10.8. The lowest BCUT2D eigenvalue weighted by atomic mass is 10.1. The number of unbranched alkanes of at least 4 members (excludes halogenated alkanes) is 2. The molecule has 0 saturated carbocycles. The number of nitriles is 1. The molecule has 30 heavy (non-hydrogen) atoms. The molecule has 1 aliphatic rings. The van der Waals surface area contributed by atoms with Gasteiger partial charge in [0.1, 0.15) is 6.07 Å². The van der Waals surface area contributed by atoms with Crippen LogP contribution in [0.25, 0.3) is 10.8 Å². The summed E-state index contributed by atoms with van der Waals surface area (Å²) in [5, 5.41) is 11.5. The fourth-order valence-corrected chi connectivity index (χ4v) is 4.20. The number of fused-ring (bicyclic) bond motifs is 1. The Balaban J connectivity index is 1.15. The SMILES string of the molecule is N#Cc1ccccc1N1CCN(CCCCCC(=O)n2cc3ccccc3c2)CC1. The zero-order valence-corrected chi connectivity index (χ0v) is 17.3. The van der Waals surface area contributed by atoms with Crippen molar-refractivity contribution in [2.24, 2.45) is 0 Å². The third-order valence-electron chi connectivity index (χ3n) is 5.94. The van der Waals surface area contributed by atoms with Crippen LogP contribution in [0.4, 0.5) is 5.69 Å². The summed E-state index contributed by atoms with van der Waals surface area (Å²) in [7, 11) is 0. The normalized spacial score (nSPS) is 14.7. The van der Waals surface area contributed by atoms with Gasteiger partial charge in [0.05, 0.1) is 11.3 Å². The minimum atomic E-state index is 0.177. The van der Waals surface area contributed by atoms with Crippen molar-refractivity contribution in [2.75, 3.05) is 37.6 Å². The van der Waals surface area contributed by atoms with E-state index in [1.165, 1.54) is 0 Å². The zero-order valence-electron chi connectivity index (χ0n) is 17.3. The maximum Gasteiger partial charge on any atom is 0.230 e. The van der Waals surface area contributed by atoms with Crippen molar-refractivity contribution in [1.82, 2.24) is 9.47 Å². The number of hydrogen-bond donors (Lipinski definition) is 0. The van der Waals surface area contributed by atoms with E-state index in [2.05, 4.69) is 15.9 Å². The second kappa shape index (κ2) is 9.60. The predicted octanol–water partition coefficient (Wildman–Crippen LogP) is 4.54. The van der Waals surface area contributed by atoms with E-state index in [-0.39, 0.29) is 5.91 Å². The number of anilines is 1. The first kappa shape index (κ1) is 20.2. The second-order valence-corrected chi connectivity index (χ2v) is 7.96. The molecular formula is C25H28N4O. The number of para-hydroxylation sites is 1. The van der Waals surface area contributed by atoms with Crippen molar-refractivity contribution < 1.29 is 4.79 Å². The van der Waals surface area contributed by atoms with Gasteiger partial charge in [0.25, 0.3) is 0 Å². The summed E-state index contributed by atoms with van der Waals surface area (Å²) >= 11 is 0. The Hall–Kier alpha value is -3.10. The molecule has 2 heterocycles. The molecule has 0 N–H and O–H groups in total. The Labute approximate surface area is 178 Å². The molecule has 4 rings (SSSR count). The van der Waals surface area contributed by atoms with Gasteiger partial charge in [0.15, 0.2) is 0 Å². The predicted molar refractivity (Wildman–Crippen MR) is 121 cm³/mol. The molecule has 2 aromatic carbocycles. The molecule has 0 atom stereocenters. The molecule has 5 nitrogen and oxygen atoms in total. The molecule has 3 aromatic rings. The minimum Gasteiger partial charge on any atom is -0.368 e. The fraction of sp³-hybridized carbons (Fsp3) is 0.360. The Kier molecular flexibility index (Phi) is 6.46. The van der Waals surface area contributed by atoms with E-state index in [4.69, 9.17) is 0 Å². The van der Waals surface area contributed by atoms with E-state index in [1.54, 1.807) is 4.57 Å². The smallest absolute Gasteiger partial charge is 0.230 e. The van der Waals surface area contributed by atoms with Crippen LogP contribution in [0, 0.1) is 11.3 Å². The number of hydrogen-bond acceptors (Lipinski definition) is 4. The van der Waals surface area contributed by atoms with Crippen LogP contribution < -0.4 is 4.90 Å². The Morgan fingerprint density at radius 1 is 0.867 bits per heavy atom. The number of rotatable bonds is 7. The maximum atomic E-state index is 12.4. The van der Waals surface area contributed by atoms with Crippen molar-refractivity contribution >= 4 is 22.4 Å². The Morgan fingerprint density at radius 2 is 1.53 bits per heavy atom. The van der Waals surface area contributed by atoms with E-state index >= 15 is 0 Å². The highest BCUT2D eigenvalue weighted by Gasteiger charge is 2.18. The van der Waals surface area contributed by atoms with E-state index < -0.39 is 0 Å². The second-order valence-electron chi connectivity index (χ2n) is 7.96. The summed E-state index contributed by atoms with van der Waals surface area (Å²) in [5.74, 6) is 0.177. The van der Waals surface area contributed by atoms with Gasteiger partial charge >= 0.3 is 0 Å². The van der Waals surface area contributed by atoms with E-state index in [0.717, 1.165) is 74.0 Å². The van der Waals surface area contributed by atoms with Crippen molar-refractivity contribution in [1.29, 1.82) is 5.26 Å². The van der Waals surface area contributed by atoms with E-state index in [1.807, 2.05) is 60.9 Å². The lowest BCUT2D eigenvalue weighted by Crippen LogP contribution is -2.46. The zero-order chi connectivity index (χ0) is 20.8. The number of nitrogens with zero attached hydrogens (tertiary/aromatic N) is 4. The summed E-state index contributed by atoms with van der Waals surface area (Å²) in [5.41, 5.74) is 1.81. The molecule has 5 heteroatoms. The third-order valence-corrected chi connectivity index (χ3v) is 5.94. The molecule has 0 bridgehead atoms. The van der Waals surface area contributed by atoms with Crippen molar-refractivity contribution in [3.63, 3.8) is 0 Å². The molecule has 1 aromatic heterocycles. The molecule has 1 fully saturated rings. The van der Waals surface area contributed by atoms with E-state index in [0.29, 0.717) is 6.42 Å². The lowest BCUT2D eigenvalue weighted by molar-refractivity contribution is 0.0899. The van der Waals surface area contributed by atoms with Crippen LogP contribution in [0.5, 0.6) is 0 Å². The van der Waals surface area contributed by atoms with Crippen LogP contribution >= 0.6 is 0 Å². The van der Waals surface area contributed by atoms with Gasteiger partial charge in [0, 0.05) is 45.0 Å². The van der Waals surface area contributed by atoms with Gasteiger partial charge in [0.2, 0.25) is 5.91 Å². The number of carbonyl (C=O) groups is 1. The molecule has 0 spiro atoms. The van der Waals surface area contributed by atoms with E-state index in [9.17, 15) is 10.1 Å². The molecule has 1 saturated heterocycles. The third kappa shape index (κ3) is 4.72. The Bertz CT molecular complexity index is 1010. The highest BCUT2D eigenvalue weighted by atomic mass is 16.1. The van der Waals surface area contributed by atoms with Gasteiger partial charge in [-0.2, -0.15) is 5.26 Å². The summed E-state index contributed by atoms with van der Waals surface area (Å²) in [6.45, 7) is 5.04. The standard InChI is InChI=1S/C25H28N4O/c26-18-21-8-5-6-11-24(21)28-16-14-27(15-17-28)13-7-1-2-12-25(30)29-19-22-9-3-4-10-23(22)20-29/h3-6,8-11,19-20H,1-2,7,12-17H2. The molecule has 0 amide bonds. The average molecular weight is 401 g/mol. The summed E-state index contributed by atoms with van der Waals surface area (Å²) in [4.78, 5) is 17.2. The largest absolute Gasteiger partial charge is 0.368 e. The van der Waals surface area contributed by atoms with Crippen LogP contribution in [0.2, 0.25) is 0 Å². The molecule has 0 aliphatic carbocycles. The van der Waals surface area contributed by atoms with Gasteiger partial charge < -0.3 is 4.90 Å². The highest BCUT2D eigenvalue weighted by molar-refractivity contribution is 5.89. The molecule has 1 aliphatic heterocycles. The van der Waals surface area contributed by atoms with Crippen LogP contribution in [-0.4, -0.2) is 48.1 Å². The molecule has 0 radical (unpaired) electrons. The first-order chi connectivity index (χ1) is 14.7. The maximum absolute atomic E-state index is 12.4. The molecular weight excluding hydrogens is 372 g/mol. The Morgan fingerprint density at radius 3 is 2.23 bits per heavy atom. The van der Waals surface area contributed by atoms with Crippen LogP contribution in [0.15, 0.2) is 60.9 Å². The summed E-state index contributed by atoms with van der Waals surface area (Å²) in [6.07, 6.45) is 7.59. The molecule has 154 valence electrons. The van der Waals surface area contributed by atoms with Gasteiger partial charge in [-0.05, 0) is 42.3 Å². The molecule has 0 unspecified atom stereocenters. The first-order valence-corrected chi connectivity index (χ1v) is 10.8. The van der Waals surface area contributed by atoms with Crippen molar-refractivity contribution in [3.05, 3.63) is 66.5 Å². The lowest BCUT2D eigenvalue weighted by Gasteiger charge is -2.36. The van der Waals surface area contributed by atoms with Gasteiger partial charge in [-0.3, -0.25) is 14.3 Å². The van der Waals surface area contributed by atoms with Gasteiger partial charge in [-0.15, -0.1) is 0 Å². The quantitative estimate of drug-likeness (QED) is 0.547. The van der Waals surface area contributed by atoms with Crippen LogP contribution in [0.1, 0.15) is 36.0 Å². The topological polar surface area (TPSA) is 52.3 Å². The van der Waals surface area contributed by atoms with Crippen molar-refractivity contribution in [2.45, 2.75) is 25.7 Å². The van der Waals surface area contributed by atoms with Crippen LogP contribution in [-0.2, 0) is 0 Å². The van der Waals surface area contributed by atoms with Crippen molar-refractivity contribution in [3.8, 4) is 6.07 Å². The van der Waals surface area contributed by atoms with Gasteiger partial charge in [-0.25, -0.2) is 0 Å². The minimum absolute atomic E-state index is 0.177. The number of piperazine rings is 1. The average Bonchev–Trinajstić information content (AvgIpc) is 3.24. The summed E-state index contributed by atoms with van der Waals surface area (Å²) in [6, 6.07) is 18.2. The number of aromatic nitrogens is 1. The fourth-order valence-electron chi connectivity index (χ4n) is 4.20. The number of benzene rings is 2. The van der Waals surface area contributed by atoms with Crippen LogP contribution in [0.3, 0.4) is 0 Å². The van der Waals surface area contributed by atoms with Gasteiger partial charge in [-0.1, -0.05) is 42.8 Å².